The van der Waals surface area contributed by atoms with Crippen LogP contribution in [0.25, 0.3) is 0 Å². The molecule has 0 rings (SSSR count). The first-order chi connectivity index (χ1) is 5.08. The number of carbonyl (C=O) groups is 1. The van der Waals surface area contributed by atoms with E-state index in [4.69, 9.17) is 30.3 Å². The minimum absolute atomic E-state index is 0.365. The minimum atomic E-state index is -1.19. The molecule has 0 saturated heterocycles. The molecule has 6 nitrogen and oxygen atoms in total. The molecule has 0 aliphatic carbocycles. The van der Waals surface area contributed by atoms with Gasteiger partial charge in [0.15, 0.2) is 0 Å². The summed E-state index contributed by atoms with van der Waals surface area (Å²) in [6, 6.07) is 0. The summed E-state index contributed by atoms with van der Waals surface area (Å²) in [5, 5.41) is 39.0. The standard InChI is InChI=1S/C3H8O3.C2H4O3/c4-1-3(6)2-5;3-1-2(4)5/h3-6H,1-2H2;3H,1H2,(H,4,5). The predicted octanol–water partition coefficient (Wildman–Crippen LogP) is -2.60. The summed E-state index contributed by atoms with van der Waals surface area (Å²) in [7, 11) is 0. The monoisotopic (exact) mass is 168 g/mol. The molecule has 0 aliphatic heterocycles. The van der Waals surface area contributed by atoms with Gasteiger partial charge in [-0.1, -0.05) is 0 Å². The summed E-state index contributed by atoms with van der Waals surface area (Å²) in [6.07, 6.45) is -0.954. The lowest BCUT2D eigenvalue weighted by Gasteiger charge is -1.96. The Kier molecular flexibility index (Phi) is 11.0. The van der Waals surface area contributed by atoms with E-state index in [-0.39, 0.29) is 13.2 Å². The van der Waals surface area contributed by atoms with Crippen LogP contribution in [0.5, 0.6) is 0 Å². The van der Waals surface area contributed by atoms with Crippen molar-refractivity contribution in [3.8, 4) is 0 Å². The molecule has 0 aromatic carbocycles. The van der Waals surface area contributed by atoms with E-state index in [1.54, 1.807) is 0 Å². The van der Waals surface area contributed by atoms with Crippen LogP contribution in [-0.4, -0.2) is 57.4 Å². The van der Waals surface area contributed by atoms with E-state index in [9.17, 15) is 0 Å². The Balaban J connectivity index is 0. The lowest BCUT2D eigenvalue weighted by Crippen LogP contribution is -2.15. The first-order valence-corrected chi connectivity index (χ1v) is 2.80. The van der Waals surface area contributed by atoms with Gasteiger partial charge in [0, 0.05) is 0 Å². The molecule has 0 aliphatic rings. The summed E-state index contributed by atoms with van der Waals surface area (Å²) in [5.74, 6) is -1.19. The first kappa shape index (κ1) is 12.9. The van der Waals surface area contributed by atoms with E-state index < -0.39 is 18.7 Å². The highest BCUT2D eigenvalue weighted by Gasteiger charge is 1.93. The highest BCUT2D eigenvalue weighted by molar-refractivity contribution is 5.67. The smallest absolute Gasteiger partial charge is 0.329 e. The van der Waals surface area contributed by atoms with Gasteiger partial charge in [0.1, 0.15) is 12.7 Å². The van der Waals surface area contributed by atoms with Crippen molar-refractivity contribution in [2.24, 2.45) is 0 Å². The van der Waals surface area contributed by atoms with Crippen molar-refractivity contribution >= 4 is 5.97 Å². The molecular formula is C5H12O6. The minimum Gasteiger partial charge on any atom is -0.480 e. The van der Waals surface area contributed by atoms with Crippen molar-refractivity contribution in [2.45, 2.75) is 6.10 Å². The van der Waals surface area contributed by atoms with Gasteiger partial charge in [0.25, 0.3) is 0 Å². The fraction of sp³-hybridized carbons (Fsp3) is 0.800. The van der Waals surface area contributed by atoms with Crippen molar-refractivity contribution in [3.05, 3.63) is 0 Å². The Morgan fingerprint density at radius 3 is 1.45 bits per heavy atom. The molecule has 0 radical (unpaired) electrons. The second-order valence-corrected chi connectivity index (χ2v) is 1.57. The van der Waals surface area contributed by atoms with Crippen molar-refractivity contribution < 1.29 is 30.3 Å². The normalized spacial score (nSPS) is 8.82. The zero-order chi connectivity index (χ0) is 9.28. The Bertz CT molecular complexity index is 89.0. The summed E-state index contributed by atoms with van der Waals surface area (Å²) >= 11 is 0. The second kappa shape index (κ2) is 9.31. The number of carboxylic acid groups (broad SMARTS) is 1. The number of aliphatic carboxylic acids is 1. The van der Waals surface area contributed by atoms with Crippen molar-refractivity contribution in [3.63, 3.8) is 0 Å². The van der Waals surface area contributed by atoms with Gasteiger partial charge in [0.2, 0.25) is 0 Å². The summed E-state index contributed by atoms with van der Waals surface area (Å²) in [6.45, 7) is -1.51. The van der Waals surface area contributed by atoms with E-state index in [0.29, 0.717) is 0 Å². The molecule has 0 spiro atoms. The van der Waals surface area contributed by atoms with Gasteiger partial charge in [0.05, 0.1) is 13.2 Å². The van der Waals surface area contributed by atoms with E-state index in [1.165, 1.54) is 0 Å². The largest absolute Gasteiger partial charge is 0.480 e. The topological polar surface area (TPSA) is 118 Å². The molecule has 5 N–H and O–H groups in total. The van der Waals surface area contributed by atoms with Gasteiger partial charge in [-0.2, -0.15) is 0 Å². The second-order valence-electron chi connectivity index (χ2n) is 1.57. The molecule has 0 atom stereocenters. The number of aliphatic hydroxyl groups is 4. The Labute approximate surface area is 63.3 Å². The third-order valence-electron chi connectivity index (χ3n) is 0.557. The maximum Gasteiger partial charge on any atom is 0.329 e. The molecular weight excluding hydrogens is 156 g/mol. The number of carboxylic acids is 1. The van der Waals surface area contributed by atoms with Crippen LogP contribution in [0.15, 0.2) is 0 Å². The summed E-state index contributed by atoms with van der Waals surface area (Å²) in [5.41, 5.74) is 0. The molecule has 11 heavy (non-hydrogen) atoms. The van der Waals surface area contributed by atoms with Crippen LogP contribution in [0, 0.1) is 0 Å². The number of hydrogen-bond acceptors (Lipinski definition) is 5. The highest BCUT2D eigenvalue weighted by Crippen LogP contribution is 1.71. The van der Waals surface area contributed by atoms with E-state index in [1.807, 2.05) is 0 Å². The van der Waals surface area contributed by atoms with Gasteiger partial charge in [-0.25, -0.2) is 4.79 Å². The molecule has 0 heterocycles. The third kappa shape index (κ3) is 17.6. The van der Waals surface area contributed by atoms with Crippen LogP contribution in [0.3, 0.4) is 0 Å². The Morgan fingerprint density at radius 2 is 1.45 bits per heavy atom. The molecule has 0 fully saturated rings. The lowest BCUT2D eigenvalue weighted by molar-refractivity contribution is -0.140. The highest BCUT2D eigenvalue weighted by atomic mass is 16.4. The molecule has 0 amide bonds. The van der Waals surface area contributed by atoms with Crippen LogP contribution in [0.1, 0.15) is 0 Å². The number of rotatable bonds is 3. The van der Waals surface area contributed by atoms with Gasteiger partial charge >= 0.3 is 5.97 Å². The Morgan fingerprint density at radius 1 is 1.18 bits per heavy atom. The van der Waals surface area contributed by atoms with Gasteiger partial charge < -0.3 is 25.5 Å². The van der Waals surface area contributed by atoms with Gasteiger partial charge in [-0.3, -0.25) is 0 Å². The maximum atomic E-state index is 9.12. The first-order valence-electron chi connectivity index (χ1n) is 2.80. The van der Waals surface area contributed by atoms with Crippen molar-refractivity contribution in [1.82, 2.24) is 0 Å². The van der Waals surface area contributed by atoms with Crippen LogP contribution in [0.4, 0.5) is 0 Å². The molecule has 0 aromatic heterocycles. The predicted molar refractivity (Wildman–Crippen MR) is 34.9 cm³/mol. The zero-order valence-electron chi connectivity index (χ0n) is 5.84. The molecule has 0 bridgehead atoms. The third-order valence-corrected chi connectivity index (χ3v) is 0.557. The van der Waals surface area contributed by atoms with Crippen LogP contribution >= 0.6 is 0 Å². The molecule has 6 heteroatoms. The fourth-order valence-corrected chi connectivity index (χ4v) is 0.0577. The quantitative estimate of drug-likeness (QED) is 0.315. The average molecular weight is 168 g/mol. The zero-order valence-corrected chi connectivity index (χ0v) is 5.84. The molecule has 0 aromatic rings. The van der Waals surface area contributed by atoms with Crippen LogP contribution in [0.2, 0.25) is 0 Å². The van der Waals surface area contributed by atoms with Gasteiger partial charge in [-0.15, -0.1) is 0 Å². The fourth-order valence-electron chi connectivity index (χ4n) is 0.0577. The molecule has 68 valence electrons. The lowest BCUT2D eigenvalue weighted by atomic mass is 10.4. The molecule has 0 saturated carbocycles. The van der Waals surface area contributed by atoms with E-state index >= 15 is 0 Å². The van der Waals surface area contributed by atoms with Crippen LogP contribution < -0.4 is 0 Å². The summed E-state index contributed by atoms with van der Waals surface area (Å²) < 4.78 is 0. The number of hydrogen-bond donors (Lipinski definition) is 5. The summed E-state index contributed by atoms with van der Waals surface area (Å²) in [4.78, 5) is 9.12. The van der Waals surface area contributed by atoms with E-state index in [0.717, 1.165) is 0 Å². The van der Waals surface area contributed by atoms with E-state index in [2.05, 4.69) is 0 Å². The SMILES string of the molecule is O=C(O)CO.OCC(O)CO. The van der Waals surface area contributed by atoms with Crippen LogP contribution in [-0.2, 0) is 4.79 Å². The van der Waals surface area contributed by atoms with Crippen molar-refractivity contribution in [2.75, 3.05) is 19.8 Å². The van der Waals surface area contributed by atoms with Crippen molar-refractivity contribution in [1.29, 1.82) is 0 Å². The average Bonchev–Trinajstić information content (AvgIpc) is 2.04. The van der Waals surface area contributed by atoms with Gasteiger partial charge in [-0.05, 0) is 0 Å². The number of aliphatic hydroxyl groups excluding tert-OH is 4. The Hall–Kier alpha value is -0.690. The molecule has 0 unspecified atom stereocenters. The maximum absolute atomic E-state index is 9.12.